The molecule has 1 aliphatic carbocycles. The third-order valence-corrected chi connectivity index (χ3v) is 8.08. The van der Waals surface area contributed by atoms with Gasteiger partial charge in [-0.2, -0.15) is 0 Å². The van der Waals surface area contributed by atoms with Gasteiger partial charge in [0.15, 0.2) is 0 Å². The summed E-state index contributed by atoms with van der Waals surface area (Å²) in [4.78, 5) is 0. The van der Waals surface area contributed by atoms with Gasteiger partial charge in [-0.05, 0) is 23.5 Å². The molecule has 1 aliphatic heterocycles. The summed E-state index contributed by atoms with van der Waals surface area (Å²) in [6.07, 6.45) is 8.10. The van der Waals surface area contributed by atoms with Crippen molar-refractivity contribution in [2.75, 3.05) is 0 Å². The second-order valence-electron chi connectivity index (χ2n) is 6.40. The molecule has 1 unspecified atom stereocenters. The first kappa shape index (κ1) is 17.2. The molecule has 0 saturated carbocycles. The molecule has 18 heavy (non-hydrogen) atoms. The Bertz CT molecular complexity index is 325. The van der Waals surface area contributed by atoms with Gasteiger partial charge < -0.3 is 0 Å². The van der Waals surface area contributed by atoms with E-state index in [4.69, 9.17) is 17.0 Å². The van der Waals surface area contributed by atoms with Crippen LogP contribution < -0.4 is 0 Å². The minimum atomic E-state index is -0.826. The van der Waals surface area contributed by atoms with E-state index >= 15 is 0 Å². The van der Waals surface area contributed by atoms with Crippen LogP contribution in [0.15, 0.2) is 23.3 Å². The van der Waals surface area contributed by atoms with E-state index in [1.54, 1.807) is 23.2 Å². The summed E-state index contributed by atoms with van der Waals surface area (Å²) < 4.78 is 0. The molecule has 0 aromatic rings. The van der Waals surface area contributed by atoms with Crippen LogP contribution in [0, 0.1) is 5.41 Å². The summed E-state index contributed by atoms with van der Waals surface area (Å²) in [7, 11) is 9.42. The Morgan fingerprint density at radius 3 is 2.11 bits per heavy atom. The average molecular weight is 383 g/mol. The molecule has 0 N–H and O–H groups in total. The third-order valence-electron chi connectivity index (χ3n) is 4.04. The quantitative estimate of drug-likeness (QED) is 0.511. The van der Waals surface area contributed by atoms with Crippen LogP contribution >= 0.6 is 17.0 Å². The van der Waals surface area contributed by atoms with Crippen LogP contribution in [0.1, 0.15) is 40.5 Å². The Labute approximate surface area is 132 Å². The average Bonchev–Trinajstić information content (AvgIpc) is 2.85. The van der Waals surface area contributed by atoms with E-state index in [1.165, 1.54) is 12.8 Å². The maximum atomic E-state index is 4.93. The fraction of sp³-hybridized carbons (Fsp3) is 0.714. The number of rotatable bonds is 1. The Morgan fingerprint density at radius 2 is 1.72 bits per heavy atom. The molecule has 1 saturated heterocycles. The predicted molar refractivity (Wildman–Crippen MR) is 82.7 cm³/mol. The molecule has 0 amide bonds. The van der Waals surface area contributed by atoms with Crippen molar-refractivity contribution in [1.82, 2.24) is 0 Å². The second kappa shape index (κ2) is 7.81. The Morgan fingerprint density at radius 1 is 1.22 bits per heavy atom. The number of allylic oxidation sites excluding steroid dienone is 4. The van der Waals surface area contributed by atoms with Gasteiger partial charge in [0.1, 0.15) is 0 Å². The van der Waals surface area contributed by atoms with E-state index in [1.807, 2.05) is 0 Å². The van der Waals surface area contributed by atoms with E-state index in [0.29, 0.717) is 5.41 Å². The van der Waals surface area contributed by atoms with Gasteiger partial charge in [-0.1, -0.05) is 63.4 Å². The van der Waals surface area contributed by atoms with Gasteiger partial charge >= 0.3 is 37.9 Å². The molecule has 2 rings (SSSR count). The number of halogens is 2. The van der Waals surface area contributed by atoms with Crippen molar-refractivity contribution in [3.63, 3.8) is 0 Å². The van der Waals surface area contributed by atoms with Crippen molar-refractivity contribution >= 4 is 25.8 Å². The van der Waals surface area contributed by atoms with Crippen LogP contribution in [0.3, 0.4) is 0 Å². The molecule has 0 radical (unpaired) electrons. The first-order chi connectivity index (χ1) is 8.40. The first-order valence-electron chi connectivity index (χ1n) is 6.77. The number of hydrogen-bond acceptors (Lipinski definition) is 0. The van der Waals surface area contributed by atoms with Gasteiger partial charge in [0.2, 0.25) is 0 Å². The molecule has 0 aromatic carbocycles. The van der Waals surface area contributed by atoms with E-state index < -0.39 is 29.6 Å². The van der Waals surface area contributed by atoms with Crippen LogP contribution in [-0.4, -0.2) is 8.80 Å². The third kappa shape index (κ3) is 4.93. The van der Waals surface area contributed by atoms with Gasteiger partial charge in [-0.15, -0.1) is 0 Å². The van der Waals surface area contributed by atoms with Crippen molar-refractivity contribution in [2.45, 2.75) is 58.2 Å². The molecule has 1 heterocycles. The van der Waals surface area contributed by atoms with Gasteiger partial charge in [0, 0.05) is 8.80 Å². The molecule has 102 valence electrons. The van der Waals surface area contributed by atoms with Crippen LogP contribution in [0.25, 0.3) is 0 Å². The molecule has 2 aliphatic rings. The topological polar surface area (TPSA) is 0 Å². The van der Waals surface area contributed by atoms with Crippen LogP contribution in [0.2, 0.25) is 17.6 Å². The Kier molecular flexibility index (Phi) is 7.47. The fourth-order valence-electron chi connectivity index (χ4n) is 3.01. The molecule has 0 nitrogen and oxygen atoms in total. The Balaban J connectivity index is 0.000000492. The molecule has 0 aromatic heterocycles. The van der Waals surface area contributed by atoms with Crippen LogP contribution in [0.4, 0.5) is 0 Å². The molecule has 1 fully saturated rings. The summed E-state index contributed by atoms with van der Waals surface area (Å²) in [6.45, 7) is 9.36. The van der Waals surface area contributed by atoms with Crippen molar-refractivity contribution in [3.8, 4) is 0 Å². The zero-order valence-electron chi connectivity index (χ0n) is 11.9. The Hall–Kier alpha value is 1.16. The first-order valence-corrected chi connectivity index (χ1v) is 15.4. The van der Waals surface area contributed by atoms with E-state index in [9.17, 15) is 0 Å². The standard InChI is InChI=1S/C14H24Si.2ClH.Zr/c1-11-9-12(14(2,3)4)10-13(11)15-7-5-6-8-15;;;/h9-10,13,15H,5-8H2,1-4H3;2*1H;/q;;;+2/p-2. The van der Waals surface area contributed by atoms with Crippen molar-refractivity contribution in [1.29, 1.82) is 0 Å². The molecular formula is C14H24Cl2SiZr. The summed E-state index contributed by atoms with van der Waals surface area (Å²) in [5, 5.41) is 0. The fourth-order valence-corrected chi connectivity index (χ4v) is 6.96. The summed E-state index contributed by atoms with van der Waals surface area (Å²) in [6, 6.07) is 3.17. The monoisotopic (exact) mass is 380 g/mol. The molecular weight excluding hydrogens is 358 g/mol. The second-order valence-corrected chi connectivity index (χ2v) is 13.5. The zero-order valence-corrected chi connectivity index (χ0v) is 17.0. The minimum absolute atomic E-state index is 0.350. The van der Waals surface area contributed by atoms with Crippen molar-refractivity contribution in [2.24, 2.45) is 5.41 Å². The molecule has 0 bridgehead atoms. The van der Waals surface area contributed by atoms with Gasteiger partial charge in [0.25, 0.3) is 0 Å². The van der Waals surface area contributed by atoms with Crippen LogP contribution in [0.5, 0.6) is 0 Å². The van der Waals surface area contributed by atoms with E-state index in [2.05, 4.69) is 39.8 Å². The normalized spacial score (nSPS) is 24.2. The molecule has 4 heteroatoms. The van der Waals surface area contributed by atoms with Gasteiger partial charge in [-0.25, -0.2) is 0 Å². The molecule has 1 atom stereocenters. The van der Waals surface area contributed by atoms with E-state index in [0.717, 1.165) is 5.54 Å². The maximum absolute atomic E-state index is 4.93. The number of hydrogen-bond donors (Lipinski definition) is 0. The van der Waals surface area contributed by atoms with Crippen molar-refractivity contribution in [3.05, 3.63) is 23.3 Å². The predicted octanol–water partition coefficient (Wildman–Crippen LogP) is 5.69. The summed E-state index contributed by atoms with van der Waals surface area (Å²) in [5.74, 6) is 0. The van der Waals surface area contributed by atoms with Crippen LogP contribution in [-0.2, 0) is 20.8 Å². The summed E-state index contributed by atoms with van der Waals surface area (Å²) in [5.41, 5.74) is 4.51. The molecule has 0 spiro atoms. The van der Waals surface area contributed by atoms with Gasteiger partial charge in [0.05, 0.1) is 0 Å². The SMILES string of the molecule is CC1=CC(C(C)(C)C)=CC1[SiH]1CCCC1.[Cl][Zr][Cl]. The van der Waals surface area contributed by atoms with Crippen molar-refractivity contribution < 1.29 is 20.8 Å². The zero-order chi connectivity index (χ0) is 13.8. The van der Waals surface area contributed by atoms with Gasteiger partial charge in [-0.3, -0.25) is 0 Å². The van der Waals surface area contributed by atoms with E-state index in [-0.39, 0.29) is 0 Å². The summed E-state index contributed by atoms with van der Waals surface area (Å²) >= 11 is -0.826.